The fraction of sp³-hybridized carbons (Fsp3) is 0.533. The molecule has 3 heteroatoms. The maximum absolute atomic E-state index is 11.8. The van der Waals surface area contributed by atoms with Gasteiger partial charge in [0, 0.05) is 12.2 Å². The van der Waals surface area contributed by atoms with Crippen LogP contribution in [0.1, 0.15) is 45.6 Å². The third-order valence-corrected chi connectivity index (χ3v) is 2.88. The third kappa shape index (κ3) is 4.40. The standard InChI is InChI=1S/C15H24N2O/c1-5-9-16-15(18)12(4)17-14-8-6-7-13(10-14)11(2)3/h6-8,10-12,17H,5,9H2,1-4H3,(H,16,18). The highest BCUT2D eigenvalue weighted by Gasteiger charge is 2.11. The van der Waals surface area contributed by atoms with Crippen LogP contribution < -0.4 is 10.6 Å². The number of hydrogen-bond acceptors (Lipinski definition) is 2. The van der Waals surface area contributed by atoms with Crippen molar-refractivity contribution in [2.45, 2.75) is 46.1 Å². The Morgan fingerprint density at radius 2 is 2.00 bits per heavy atom. The van der Waals surface area contributed by atoms with Gasteiger partial charge in [0.25, 0.3) is 0 Å². The van der Waals surface area contributed by atoms with Crippen LogP contribution in [0.25, 0.3) is 0 Å². The largest absolute Gasteiger partial charge is 0.374 e. The summed E-state index contributed by atoms with van der Waals surface area (Å²) in [5.41, 5.74) is 2.28. The van der Waals surface area contributed by atoms with Gasteiger partial charge < -0.3 is 10.6 Å². The van der Waals surface area contributed by atoms with Gasteiger partial charge in [0.1, 0.15) is 6.04 Å². The average molecular weight is 248 g/mol. The van der Waals surface area contributed by atoms with E-state index in [1.54, 1.807) is 0 Å². The molecule has 0 aliphatic heterocycles. The normalized spacial score (nSPS) is 12.3. The molecule has 0 spiro atoms. The van der Waals surface area contributed by atoms with Crippen LogP contribution in [0.15, 0.2) is 24.3 Å². The summed E-state index contributed by atoms with van der Waals surface area (Å²) in [6.07, 6.45) is 0.960. The molecule has 0 saturated carbocycles. The first kappa shape index (κ1) is 14.6. The Kier molecular flexibility index (Phi) is 5.69. The van der Waals surface area contributed by atoms with E-state index in [-0.39, 0.29) is 11.9 Å². The fourth-order valence-electron chi connectivity index (χ4n) is 1.70. The summed E-state index contributed by atoms with van der Waals surface area (Å²) in [5, 5.41) is 6.12. The van der Waals surface area contributed by atoms with E-state index in [0.717, 1.165) is 18.7 Å². The Balaban J connectivity index is 2.61. The Morgan fingerprint density at radius 3 is 2.61 bits per heavy atom. The smallest absolute Gasteiger partial charge is 0.242 e. The summed E-state index contributed by atoms with van der Waals surface area (Å²) in [4.78, 5) is 11.8. The molecule has 1 amide bonds. The Labute approximate surface area is 110 Å². The lowest BCUT2D eigenvalue weighted by atomic mass is 10.0. The zero-order valence-corrected chi connectivity index (χ0v) is 11.8. The molecule has 1 aromatic rings. The minimum atomic E-state index is -0.209. The Hall–Kier alpha value is -1.51. The summed E-state index contributed by atoms with van der Waals surface area (Å²) < 4.78 is 0. The molecule has 0 bridgehead atoms. The number of hydrogen-bond donors (Lipinski definition) is 2. The molecule has 1 aromatic carbocycles. The first-order valence-electron chi connectivity index (χ1n) is 6.68. The van der Waals surface area contributed by atoms with Crippen LogP contribution in [0.5, 0.6) is 0 Å². The van der Waals surface area contributed by atoms with Crippen molar-refractivity contribution in [3.8, 4) is 0 Å². The van der Waals surface area contributed by atoms with Gasteiger partial charge in [-0.3, -0.25) is 4.79 Å². The molecule has 0 aliphatic carbocycles. The zero-order chi connectivity index (χ0) is 13.5. The van der Waals surface area contributed by atoms with Crippen molar-refractivity contribution in [2.24, 2.45) is 0 Å². The van der Waals surface area contributed by atoms with Crippen LogP contribution in [0.2, 0.25) is 0 Å². The molecule has 0 fully saturated rings. The highest BCUT2D eigenvalue weighted by atomic mass is 16.2. The van der Waals surface area contributed by atoms with E-state index in [9.17, 15) is 4.79 Å². The molecule has 2 N–H and O–H groups in total. The van der Waals surface area contributed by atoms with Crippen LogP contribution in [-0.4, -0.2) is 18.5 Å². The summed E-state index contributed by atoms with van der Waals surface area (Å²) in [6.45, 7) is 8.99. The summed E-state index contributed by atoms with van der Waals surface area (Å²) in [7, 11) is 0. The van der Waals surface area contributed by atoms with Gasteiger partial charge in [-0.15, -0.1) is 0 Å². The number of carbonyl (C=O) groups is 1. The highest BCUT2D eigenvalue weighted by Crippen LogP contribution is 2.18. The van der Waals surface area contributed by atoms with Gasteiger partial charge in [0.15, 0.2) is 0 Å². The quantitative estimate of drug-likeness (QED) is 0.812. The summed E-state index contributed by atoms with van der Waals surface area (Å²) in [5.74, 6) is 0.544. The minimum absolute atomic E-state index is 0.0480. The van der Waals surface area contributed by atoms with Crippen LogP contribution in [0, 0.1) is 0 Å². The maximum atomic E-state index is 11.8. The molecular formula is C15H24N2O. The molecule has 0 aromatic heterocycles. The van der Waals surface area contributed by atoms with Gasteiger partial charge in [0.2, 0.25) is 5.91 Å². The first-order chi connectivity index (χ1) is 8.54. The molecule has 0 aliphatic rings. The van der Waals surface area contributed by atoms with E-state index < -0.39 is 0 Å². The van der Waals surface area contributed by atoms with Crippen molar-refractivity contribution in [1.29, 1.82) is 0 Å². The molecular weight excluding hydrogens is 224 g/mol. The molecule has 0 radical (unpaired) electrons. The van der Waals surface area contributed by atoms with Crippen molar-refractivity contribution in [1.82, 2.24) is 5.32 Å². The van der Waals surface area contributed by atoms with Crippen molar-refractivity contribution in [2.75, 3.05) is 11.9 Å². The Morgan fingerprint density at radius 1 is 1.28 bits per heavy atom. The van der Waals surface area contributed by atoms with Crippen LogP contribution in [0.3, 0.4) is 0 Å². The van der Waals surface area contributed by atoms with E-state index in [4.69, 9.17) is 0 Å². The predicted octanol–water partition coefficient (Wildman–Crippen LogP) is 3.14. The van der Waals surface area contributed by atoms with Crippen molar-refractivity contribution in [3.63, 3.8) is 0 Å². The number of benzene rings is 1. The highest BCUT2D eigenvalue weighted by molar-refractivity contribution is 5.84. The van der Waals surface area contributed by atoms with Gasteiger partial charge in [-0.05, 0) is 37.0 Å². The van der Waals surface area contributed by atoms with Gasteiger partial charge in [0.05, 0.1) is 0 Å². The first-order valence-corrected chi connectivity index (χ1v) is 6.68. The van der Waals surface area contributed by atoms with E-state index in [2.05, 4.69) is 36.6 Å². The summed E-state index contributed by atoms with van der Waals surface area (Å²) >= 11 is 0. The number of nitrogens with one attached hydrogen (secondary N) is 2. The molecule has 3 nitrogen and oxygen atoms in total. The number of amides is 1. The summed E-state index contributed by atoms with van der Waals surface area (Å²) in [6, 6.07) is 8.02. The van der Waals surface area contributed by atoms with E-state index in [1.807, 2.05) is 26.0 Å². The van der Waals surface area contributed by atoms with Crippen LogP contribution in [-0.2, 0) is 4.79 Å². The van der Waals surface area contributed by atoms with Crippen LogP contribution in [0.4, 0.5) is 5.69 Å². The number of carbonyl (C=O) groups excluding carboxylic acids is 1. The van der Waals surface area contributed by atoms with Gasteiger partial charge in [-0.1, -0.05) is 32.9 Å². The zero-order valence-electron chi connectivity index (χ0n) is 11.8. The molecule has 18 heavy (non-hydrogen) atoms. The SMILES string of the molecule is CCCNC(=O)C(C)Nc1cccc(C(C)C)c1. The molecule has 0 saturated heterocycles. The predicted molar refractivity (Wildman–Crippen MR) is 76.9 cm³/mol. The third-order valence-electron chi connectivity index (χ3n) is 2.88. The number of anilines is 1. The molecule has 1 rings (SSSR count). The topological polar surface area (TPSA) is 41.1 Å². The molecule has 0 heterocycles. The van der Waals surface area contributed by atoms with E-state index in [1.165, 1.54) is 5.56 Å². The lowest BCUT2D eigenvalue weighted by Crippen LogP contribution is -2.37. The second-order valence-corrected chi connectivity index (χ2v) is 4.94. The lowest BCUT2D eigenvalue weighted by molar-refractivity contribution is -0.121. The van der Waals surface area contributed by atoms with E-state index >= 15 is 0 Å². The van der Waals surface area contributed by atoms with Crippen molar-refractivity contribution >= 4 is 11.6 Å². The maximum Gasteiger partial charge on any atom is 0.242 e. The molecule has 1 unspecified atom stereocenters. The van der Waals surface area contributed by atoms with E-state index in [0.29, 0.717) is 5.92 Å². The monoisotopic (exact) mass is 248 g/mol. The molecule has 1 atom stereocenters. The second-order valence-electron chi connectivity index (χ2n) is 4.94. The second kappa shape index (κ2) is 7.04. The van der Waals surface area contributed by atoms with Gasteiger partial charge in [-0.25, -0.2) is 0 Å². The molecule has 100 valence electrons. The Bertz CT molecular complexity index is 388. The average Bonchev–Trinajstić information content (AvgIpc) is 2.36. The lowest BCUT2D eigenvalue weighted by Gasteiger charge is -2.16. The number of rotatable bonds is 6. The van der Waals surface area contributed by atoms with Gasteiger partial charge in [-0.2, -0.15) is 0 Å². The fourth-order valence-corrected chi connectivity index (χ4v) is 1.70. The van der Waals surface area contributed by atoms with Crippen molar-refractivity contribution < 1.29 is 4.79 Å². The van der Waals surface area contributed by atoms with Gasteiger partial charge >= 0.3 is 0 Å². The van der Waals surface area contributed by atoms with Crippen molar-refractivity contribution in [3.05, 3.63) is 29.8 Å². The van der Waals surface area contributed by atoms with Crippen LogP contribution >= 0.6 is 0 Å². The minimum Gasteiger partial charge on any atom is -0.374 e.